The Kier molecular flexibility index (Phi) is 2.95. The third-order valence-electron chi connectivity index (χ3n) is 2.61. The highest BCUT2D eigenvalue weighted by molar-refractivity contribution is 5.43. The zero-order valence-electron chi connectivity index (χ0n) is 10.2. The van der Waals surface area contributed by atoms with Crippen LogP contribution >= 0.6 is 0 Å². The van der Waals surface area contributed by atoms with Crippen LogP contribution in [0.3, 0.4) is 0 Å². The summed E-state index contributed by atoms with van der Waals surface area (Å²) >= 11 is 0. The van der Waals surface area contributed by atoms with E-state index >= 15 is 0 Å². The van der Waals surface area contributed by atoms with Crippen molar-refractivity contribution in [3.05, 3.63) is 41.2 Å². The fourth-order valence-electron chi connectivity index (χ4n) is 1.63. The van der Waals surface area contributed by atoms with Gasteiger partial charge in [0.15, 0.2) is 0 Å². The lowest BCUT2D eigenvalue weighted by atomic mass is 10.1. The first-order chi connectivity index (χ1) is 8.06. The number of nitrogens with zero attached hydrogens (tertiary/aromatic N) is 2. The number of aromatic nitrogens is 2. The molecule has 0 aliphatic heterocycles. The van der Waals surface area contributed by atoms with Crippen LogP contribution in [0.25, 0.3) is 0 Å². The Hall–Kier alpha value is -2.10. The summed E-state index contributed by atoms with van der Waals surface area (Å²) in [5, 5.41) is 0. The van der Waals surface area contributed by atoms with E-state index in [0.717, 1.165) is 16.9 Å². The first kappa shape index (κ1) is 11.4. The van der Waals surface area contributed by atoms with Crippen molar-refractivity contribution in [2.75, 3.05) is 5.73 Å². The fraction of sp³-hybridized carbons (Fsp3) is 0.231. The van der Waals surface area contributed by atoms with Crippen LogP contribution in [0.1, 0.15) is 16.7 Å². The van der Waals surface area contributed by atoms with Gasteiger partial charge in [-0.2, -0.15) is 4.98 Å². The molecule has 4 heteroatoms. The van der Waals surface area contributed by atoms with Crippen molar-refractivity contribution in [1.29, 1.82) is 0 Å². The molecule has 1 aromatic carbocycles. The number of nitrogens with two attached hydrogens (primary N) is 1. The molecule has 2 rings (SSSR count). The molecule has 0 saturated carbocycles. The summed E-state index contributed by atoms with van der Waals surface area (Å²) in [4.78, 5) is 8.00. The molecule has 17 heavy (non-hydrogen) atoms. The van der Waals surface area contributed by atoms with Crippen molar-refractivity contribution in [3.8, 4) is 11.6 Å². The molecule has 0 saturated heterocycles. The maximum absolute atomic E-state index is 5.70. The van der Waals surface area contributed by atoms with Gasteiger partial charge in [0, 0.05) is 0 Å². The molecule has 0 aliphatic rings. The molecule has 0 aliphatic carbocycles. The molecular weight excluding hydrogens is 214 g/mol. The zero-order chi connectivity index (χ0) is 12.4. The molecule has 2 N–H and O–H groups in total. The summed E-state index contributed by atoms with van der Waals surface area (Å²) in [5.41, 5.74) is 9.00. The highest BCUT2D eigenvalue weighted by Crippen LogP contribution is 2.27. The number of ether oxygens (including phenoxy) is 1. The maximum atomic E-state index is 5.70. The summed E-state index contributed by atoms with van der Waals surface area (Å²) < 4.78 is 5.70. The molecule has 0 fully saturated rings. The first-order valence-electron chi connectivity index (χ1n) is 5.39. The maximum Gasteiger partial charge on any atom is 0.239 e. The predicted octanol–water partition coefficient (Wildman–Crippen LogP) is 2.78. The second-order valence-electron chi connectivity index (χ2n) is 4.09. The monoisotopic (exact) mass is 229 g/mol. The molecule has 0 spiro atoms. The number of hydrogen-bond acceptors (Lipinski definition) is 4. The number of hydrogen-bond donors (Lipinski definition) is 1. The molecule has 88 valence electrons. The minimum atomic E-state index is 0.351. The van der Waals surface area contributed by atoms with Crippen molar-refractivity contribution < 1.29 is 4.74 Å². The van der Waals surface area contributed by atoms with Gasteiger partial charge in [-0.3, -0.25) is 4.98 Å². The van der Waals surface area contributed by atoms with Crippen LogP contribution in [-0.4, -0.2) is 9.97 Å². The summed E-state index contributed by atoms with van der Waals surface area (Å²) in [6.07, 6.45) is 3.04. The SMILES string of the molecule is Cc1cc(C)c(C)c(Oc2cncc(N)n2)c1. The van der Waals surface area contributed by atoms with Crippen LogP contribution in [0.15, 0.2) is 24.5 Å². The van der Waals surface area contributed by atoms with Gasteiger partial charge >= 0.3 is 0 Å². The van der Waals surface area contributed by atoms with Crippen LogP contribution in [0.4, 0.5) is 5.82 Å². The fourth-order valence-corrected chi connectivity index (χ4v) is 1.63. The van der Waals surface area contributed by atoms with Crippen LogP contribution < -0.4 is 10.5 Å². The van der Waals surface area contributed by atoms with E-state index in [1.807, 2.05) is 19.9 Å². The van der Waals surface area contributed by atoms with Gasteiger partial charge in [0.25, 0.3) is 0 Å². The zero-order valence-corrected chi connectivity index (χ0v) is 10.2. The quantitative estimate of drug-likeness (QED) is 0.860. The summed E-state index contributed by atoms with van der Waals surface area (Å²) in [6.45, 7) is 6.11. The van der Waals surface area contributed by atoms with Gasteiger partial charge in [0.1, 0.15) is 11.6 Å². The van der Waals surface area contributed by atoms with E-state index in [1.165, 1.54) is 11.8 Å². The van der Waals surface area contributed by atoms with Gasteiger partial charge in [-0.1, -0.05) is 6.07 Å². The lowest BCUT2D eigenvalue weighted by Gasteiger charge is -2.11. The molecule has 0 atom stereocenters. The van der Waals surface area contributed by atoms with E-state index in [1.54, 1.807) is 6.20 Å². The topological polar surface area (TPSA) is 61.0 Å². The lowest BCUT2D eigenvalue weighted by Crippen LogP contribution is -1.97. The number of nitrogen functional groups attached to an aromatic ring is 1. The van der Waals surface area contributed by atoms with Gasteiger partial charge in [0.2, 0.25) is 5.88 Å². The Bertz CT molecular complexity index is 552. The van der Waals surface area contributed by atoms with E-state index in [9.17, 15) is 0 Å². The Balaban J connectivity index is 2.36. The molecule has 2 aromatic rings. The molecule has 1 aromatic heterocycles. The smallest absolute Gasteiger partial charge is 0.239 e. The molecule has 0 radical (unpaired) electrons. The van der Waals surface area contributed by atoms with Crippen LogP contribution in [0, 0.1) is 20.8 Å². The average Bonchev–Trinajstić information content (AvgIpc) is 2.25. The van der Waals surface area contributed by atoms with E-state index in [-0.39, 0.29) is 0 Å². The first-order valence-corrected chi connectivity index (χ1v) is 5.39. The second-order valence-corrected chi connectivity index (χ2v) is 4.09. The van der Waals surface area contributed by atoms with Gasteiger partial charge in [-0.25, -0.2) is 0 Å². The van der Waals surface area contributed by atoms with E-state index in [4.69, 9.17) is 10.5 Å². The Labute approximate surface area is 100 Å². The van der Waals surface area contributed by atoms with Crippen LogP contribution in [0.5, 0.6) is 11.6 Å². The second kappa shape index (κ2) is 4.41. The van der Waals surface area contributed by atoms with E-state index in [2.05, 4.69) is 23.0 Å². The van der Waals surface area contributed by atoms with Gasteiger partial charge in [-0.15, -0.1) is 0 Å². The number of benzene rings is 1. The number of anilines is 1. The Morgan fingerprint density at radius 1 is 1.12 bits per heavy atom. The minimum absolute atomic E-state index is 0.351. The normalized spacial score (nSPS) is 10.3. The van der Waals surface area contributed by atoms with Gasteiger partial charge in [-0.05, 0) is 43.5 Å². The number of aryl methyl sites for hydroxylation is 2. The molecular formula is C13H15N3O. The minimum Gasteiger partial charge on any atom is -0.437 e. The van der Waals surface area contributed by atoms with Crippen molar-refractivity contribution >= 4 is 5.82 Å². The third-order valence-corrected chi connectivity index (χ3v) is 2.61. The average molecular weight is 229 g/mol. The van der Waals surface area contributed by atoms with Crippen LogP contribution in [-0.2, 0) is 0 Å². The van der Waals surface area contributed by atoms with Crippen molar-refractivity contribution in [2.45, 2.75) is 20.8 Å². The highest BCUT2D eigenvalue weighted by Gasteiger charge is 2.06. The molecule has 0 unspecified atom stereocenters. The standard InChI is InChI=1S/C13H15N3O/c1-8-4-9(2)10(3)11(5-8)17-13-7-15-6-12(14)16-13/h4-7H,1-3H3,(H2,14,16). The summed E-state index contributed by atoms with van der Waals surface area (Å²) in [6, 6.07) is 4.10. The van der Waals surface area contributed by atoms with Crippen molar-refractivity contribution in [1.82, 2.24) is 9.97 Å². The summed E-state index contributed by atoms with van der Waals surface area (Å²) in [5.74, 6) is 1.56. The highest BCUT2D eigenvalue weighted by atomic mass is 16.5. The van der Waals surface area contributed by atoms with Gasteiger partial charge in [0.05, 0.1) is 12.4 Å². The third kappa shape index (κ3) is 2.53. The predicted molar refractivity (Wildman–Crippen MR) is 67.2 cm³/mol. The van der Waals surface area contributed by atoms with Crippen LogP contribution in [0.2, 0.25) is 0 Å². The Morgan fingerprint density at radius 2 is 1.88 bits per heavy atom. The van der Waals surface area contributed by atoms with Crippen molar-refractivity contribution in [3.63, 3.8) is 0 Å². The lowest BCUT2D eigenvalue weighted by molar-refractivity contribution is 0.457. The van der Waals surface area contributed by atoms with E-state index in [0.29, 0.717) is 11.7 Å². The van der Waals surface area contributed by atoms with E-state index < -0.39 is 0 Å². The van der Waals surface area contributed by atoms with Gasteiger partial charge < -0.3 is 10.5 Å². The summed E-state index contributed by atoms with van der Waals surface area (Å²) in [7, 11) is 0. The molecule has 0 bridgehead atoms. The Morgan fingerprint density at radius 3 is 2.59 bits per heavy atom. The molecule has 1 heterocycles. The van der Waals surface area contributed by atoms with Crippen molar-refractivity contribution in [2.24, 2.45) is 0 Å². The largest absolute Gasteiger partial charge is 0.437 e. The number of rotatable bonds is 2. The molecule has 0 amide bonds. The molecule has 4 nitrogen and oxygen atoms in total.